The third-order valence-electron chi connectivity index (χ3n) is 0.940. The lowest BCUT2D eigenvalue weighted by molar-refractivity contribution is -0.139. The molecule has 0 bridgehead atoms. The van der Waals surface area contributed by atoms with E-state index in [1.165, 1.54) is 13.2 Å². The molecule has 0 rings (SSSR count). The summed E-state index contributed by atoms with van der Waals surface area (Å²) in [5, 5.41) is 0. The molecule has 0 heterocycles. The summed E-state index contributed by atoms with van der Waals surface area (Å²) in [6.45, 7) is 0.264. The number of ether oxygens (including phenoxy) is 1. The van der Waals surface area contributed by atoms with Crippen LogP contribution in [0.2, 0.25) is 0 Å². The maximum absolute atomic E-state index is 10.5. The first-order chi connectivity index (χ1) is 5.31. The monoisotopic (exact) mass is 155 g/mol. The Bertz CT molecular complexity index is 192. The van der Waals surface area contributed by atoms with Gasteiger partial charge in [-0.3, -0.25) is 4.79 Å². The zero-order chi connectivity index (χ0) is 8.53. The van der Waals surface area contributed by atoms with E-state index in [1.54, 1.807) is 12.2 Å². The first-order valence-corrected chi connectivity index (χ1v) is 3.06. The van der Waals surface area contributed by atoms with Gasteiger partial charge in [-0.05, 0) is 0 Å². The lowest BCUT2D eigenvalue weighted by atomic mass is 10.4. The van der Waals surface area contributed by atoms with Gasteiger partial charge in [0.05, 0.1) is 20.1 Å². The van der Waals surface area contributed by atoms with Gasteiger partial charge in [-0.15, -0.1) is 0 Å². The molecule has 4 nitrogen and oxygen atoms in total. The van der Waals surface area contributed by atoms with E-state index in [0.29, 0.717) is 0 Å². The number of nitrogens with zero attached hydrogens (tertiary/aromatic N) is 1. The molecule has 0 amide bonds. The van der Waals surface area contributed by atoms with E-state index in [-0.39, 0.29) is 18.9 Å². The van der Waals surface area contributed by atoms with Crippen molar-refractivity contribution in [3.8, 4) is 0 Å². The largest absolute Gasteiger partial charge is 0.469 e. The molecule has 0 aliphatic heterocycles. The number of aliphatic imine (C=N–C) groups is 1. The van der Waals surface area contributed by atoms with Crippen LogP contribution < -0.4 is 0 Å². The number of carbonyl (C=O) groups excluding carboxylic acids is 2. The topological polar surface area (TPSA) is 55.7 Å². The highest BCUT2D eigenvalue weighted by Crippen LogP contribution is 1.85. The van der Waals surface area contributed by atoms with Gasteiger partial charge >= 0.3 is 5.97 Å². The molecular formula is C7H9NO3. The molecule has 60 valence electrons. The minimum atomic E-state index is -0.309. The van der Waals surface area contributed by atoms with Crippen LogP contribution in [0.3, 0.4) is 0 Å². The van der Waals surface area contributed by atoms with Crippen LogP contribution in [0.5, 0.6) is 0 Å². The van der Waals surface area contributed by atoms with Gasteiger partial charge in [0.15, 0.2) is 0 Å². The van der Waals surface area contributed by atoms with E-state index in [0.717, 1.165) is 0 Å². The van der Waals surface area contributed by atoms with Crippen molar-refractivity contribution < 1.29 is 14.3 Å². The Hall–Kier alpha value is -1.41. The summed E-state index contributed by atoms with van der Waals surface area (Å²) < 4.78 is 4.36. The molecule has 0 aliphatic rings. The summed E-state index contributed by atoms with van der Waals surface area (Å²) in [4.78, 5) is 23.3. The number of isocyanates is 1. The van der Waals surface area contributed by atoms with Gasteiger partial charge in [-0.25, -0.2) is 9.79 Å². The average molecular weight is 155 g/mol. The maximum atomic E-state index is 10.5. The smallest absolute Gasteiger partial charge is 0.309 e. The van der Waals surface area contributed by atoms with Crippen LogP contribution in [-0.2, 0) is 14.3 Å². The molecule has 0 unspecified atom stereocenters. The number of esters is 1. The molecule has 0 aliphatic carbocycles. The predicted molar refractivity (Wildman–Crippen MR) is 38.8 cm³/mol. The highest BCUT2D eigenvalue weighted by molar-refractivity contribution is 5.70. The molecule has 0 aromatic rings. The molecule has 0 aromatic heterocycles. The minimum absolute atomic E-state index is 0.213. The molecule has 0 fully saturated rings. The molecule has 0 N–H and O–H groups in total. The molecule has 0 saturated carbocycles. The number of methoxy groups -OCH3 is 1. The van der Waals surface area contributed by atoms with Gasteiger partial charge in [-0.1, -0.05) is 12.2 Å². The quantitative estimate of drug-likeness (QED) is 0.256. The Balaban J connectivity index is 3.44. The molecule has 0 spiro atoms. The van der Waals surface area contributed by atoms with Crippen molar-refractivity contribution in [2.75, 3.05) is 13.7 Å². The van der Waals surface area contributed by atoms with E-state index in [1.807, 2.05) is 0 Å². The minimum Gasteiger partial charge on any atom is -0.469 e. The van der Waals surface area contributed by atoms with Gasteiger partial charge < -0.3 is 4.74 Å². The summed E-state index contributed by atoms with van der Waals surface area (Å²) in [6, 6.07) is 0. The zero-order valence-electron chi connectivity index (χ0n) is 6.24. The molecule has 4 heteroatoms. The van der Waals surface area contributed by atoms with Crippen molar-refractivity contribution >= 4 is 12.0 Å². The highest BCUT2D eigenvalue weighted by atomic mass is 16.5. The fourth-order valence-corrected chi connectivity index (χ4v) is 0.427. The second-order valence-corrected chi connectivity index (χ2v) is 1.68. The Morgan fingerprint density at radius 1 is 1.64 bits per heavy atom. The molecule has 0 aromatic carbocycles. The van der Waals surface area contributed by atoms with Crippen molar-refractivity contribution in [2.24, 2.45) is 4.99 Å². The van der Waals surface area contributed by atoms with E-state index >= 15 is 0 Å². The number of rotatable bonds is 4. The third kappa shape index (κ3) is 6.48. The lowest BCUT2D eigenvalue weighted by Gasteiger charge is -1.90. The fourth-order valence-electron chi connectivity index (χ4n) is 0.427. The van der Waals surface area contributed by atoms with Crippen molar-refractivity contribution in [1.29, 1.82) is 0 Å². The first kappa shape index (κ1) is 9.59. The summed E-state index contributed by atoms with van der Waals surface area (Å²) in [7, 11) is 1.32. The summed E-state index contributed by atoms with van der Waals surface area (Å²) in [5.74, 6) is -0.309. The van der Waals surface area contributed by atoms with Crippen LogP contribution in [-0.4, -0.2) is 25.7 Å². The second-order valence-electron chi connectivity index (χ2n) is 1.68. The molecule has 0 atom stereocenters. The Labute approximate surface area is 64.6 Å². The number of hydrogen-bond acceptors (Lipinski definition) is 4. The first-order valence-electron chi connectivity index (χ1n) is 3.06. The molecule has 11 heavy (non-hydrogen) atoms. The van der Waals surface area contributed by atoms with Crippen molar-refractivity contribution in [3.63, 3.8) is 0 Å². The SMILES string of the molecule is COC(=O)C/C=C/CN=C=O. The standard InChI is InChI=1S/C7H9NO3/c1-11-7(10)4-2-3-5-8-6-9/h2-3H,4-5H2,1H3/b3-2+. The maximum Gasteiger partial charge on any atom is 0.309 e. The van der Waals surface area contributed by atoms with Crippen molar-refractivity contribution in [1.82, 2.24) is 0 Å². The van der Waals surface area contributed by atoms with Gasteiger partial charge in [0.1, 0.15) is 0 Å². The lowest BCUT2D eigenvalue weighted by Crippen LogP contribution is -1.96. The van der Waals surface area contributed by atoms with Crippen LogP contribution in [0.15, 0.2) is 17.1 Å². The Kier molecular flexibility index (Phi) is 5.85. The van der Waals surface area contributed by atoms with Gasteiger partial charge in [0, 0.05) is 0 Å². The molecule has 0 saturated heterocycles. The van der Waals surface area contributed by atoms with Crippen LogP contribution in [0, 0.1) is 0 Å². The summed E-state index contributed by atoms with van der Waals surface area (Å²) in [6.07, 6.45) is 4.78. The second kappa shape index (κ2) is 6.71. The zero-order valence-corrected chi connectivity index (χ0v) is 6.24. The third-order valence-corrected chi connectivity index (χ3v) is 0.940. The summed E-state index contributed by atoms with van der Waals surface area (Å²) in [5.41, 5.74) is 0. The molecule has 0 radical (unpaired) electrons. The van der Waals surface area contributed by atoms with Crippen LogP contribution in [0.25, 0.3) is 0 Å². The van der Waals surface area contributed by atoms with Gasteiger partial charge in [0.2, 0.25) is 6.08 Å². The van der Waals surface area contributed by atoms with Gasteiger partial charge in [0.25, 0.3) is 0 Å². The van der Waals surface area contributed by atoms with Crippen molar-refractivity contribution in [3.05, 3.63) is 12.2 Å². The Morgan fingerprint density at radius 3 is 2.91 bits per heavy atom. The molecular weight excluding hydrogens is 146 g/mol. The average Bonchev–Trinajstić information content (AvgIpc) is 2.04. The van der Waals surface area contributed by atoms with Crippen LogP contribution >= 0.6 is 0 Å². The van der Waals surface area contributed by atoms with Crippen LogP contribution in [0.4, 0.5) is 0 Å². The summed E-state index contributed by atoms with van der Waals surface area (Å²) >= 11 is 0. The normalized spacial score (nSPS) is 9.18. The Morgan fingerprint density at radius 2 is 2.36 bits per heavy atom. The van der Waals surface area contributed by atoms with E-state index in [2.05, 4.69) is 9.73 Å². The fraction of sp³-hybridized carbons (Fsp3) is 0.429. The van der Waals surface area contributed by atoms with E-state index < -0.39 is 0 Å². The number of carbonyl (C=O) groups is 1. The number of hydrogen-bond donors (Lipinski definition) is 0. The van der Waals surface area contributed by atoms with Crippen LogP contribution in [0.1, 0.15) is 6.42 Å². The predicted octanol–water partition coefficient (Wildman–Crippen LogP) is 0.441. The van der Waals surface area contributed by atoms with Gasteiger partial charge in [-0.2, -0.15) is 0 Å². The van der Waals surface area contributed by atoms with Crippen molar-refractivity contribution in [2.45, 2.75) is 6.42 Å². The van der Waals surface area contributed by atoms with E-state index in [4.69, 9.17) is 0 Å². The van der Waals surface area contributed by atoms with E-state index in [9.17, 15) is 9.59 Å². The highest BCUT2D eigenvalue weighted by Gasteiger charge is 1.92.